The molecule has 0 bridgehead atoms. The Morgan fingerprint density at radius 2 is 2.30 bits per heavy atom. The maximum Gasteiger partial charge on any atom is 0.274 e. The van der Waals surface area contributed by atoms with Crippen molar-refractivity contribution in [3.63, 3.8) is 0 Å². The van der Waals surface area contributed by atoms with Crippen molar-refractivity contribution in [2.24, 2.45) is 0 Å². The van der Waals surface area contributed by atoms with Gasteiger partial charge in [0.15, 0.2) is 17.8 Å². The maximum atomic E-state index is 12.4. The van der Waals surface area contributed by atoms with E-state index in [-0.39, 0.29) is 11.6 Å². The number of methoxy groups -OCH3 is 1. The van der Waals surface area contributed by atoms with Gasteiger partial charge in [-0.15, -0.1) is 11.3 Å². The normalized spacial score (nSPS) is 10.5. The SMILES string of the molecule is COc1ccc(Br)cc1CNC(=O)c1ncoc1-c1cccs1. The van der Waals surface area contributed by atoms with Crippen LogP contribution in [-0.2, 0) is 6.54 Å². The summed E-state index contributed by atoms with van der Waals surface area (Å²) in [6.07, 6.45) is 1.28. The van der Waals surface area contributed by atoms with E-state index >= 15 is 0 Å². The summed E-state index contributed by atoms with van der Waals surface area (Å²) in [5, 5.41) is 4.77. The highest BCUT2D eigenvalue weighted by molar-refractivity contribution is 9.10. The molecule has 0 fully saturated rings. The van der Waals surface area contributed by atoms with Gasteiger partial charge in [-0.05, 0) is 29.6 Å². The predicted octanol–water partition coefficient (Wildman–Crippen LogP) is 4.10. The average molecular weight is 393 g/mol. The van der Waals surface area contributed by atoms with Gasteiger partial charge in [0.25, 0.3) is 5.91 Å². The third-order valence-electron chi connectivity index (χ3n) is 3.21. The average Bonchev–Trinajstić information content (AvgIpc) is 3.23. The molecule has 118 valence electrons. The molecule has 7 heteroatoms. The summed E-state index contributed by atoms with van der Waals surface area (Å²) < 4.78 is 11.6. The topological polar surface area (TPSA) is 64.4 Å². The van der Waals surface area contributed by atoms with Crippen molar-refractivity contribution in [3.8, 4) is 16.4 Å². The monoisotopic (exact) mass is 392 g/mol. The van der Waals surface area contributed by atoms with E-state index in [4.69, 9.17) is 9.15 Å². The molecule has 0 aliphatic carbocycles. The number of aromatic nitrogens is 1. The lowest BCUT2D eigenvalue weighted by molar-refractivity contribution is 0.0946. The van der Waals surface area contributed by atoms with Gasteiger partial charge in [-0.25, -0.2) is 4.98 Å². The molecule has 0 saturated carbocycles. The van der Waals surface area contributed by atoms with Crippen molar-refractivity contribution >= 4 is 33.2 Å². The number of benzene rings is 1. The molecule has 2 aromatic heterocycles. The number of carbonyl (C=O) groups excluding carboxylic acids is 1. The zero-order valence-electron chi connectivity index (χ0n) is 12.2. The lowest BCUT2D eigenvalue weighted by Gasteiger charge is -2.10. The number of carbonyl (C=O) groups is 1. The summed E-state index contributed by atoms with van der Waals surface area (Å²) in [5.74, 6) is 0.912. The zero-order chi connectivity index (χ0) is 16.2. The van der Waals surface area contributed by atoms with E-state index in [2.05, 4.69) is 26.2 Å². The van der Waals surface area contributed by atoms with E-state index in [0.717, 1.165) is 14.9 Å². The highest BCUT2D eigenvalue weighted by atomic mass is 79.9. The van der Waals surface area contributed by atoms with Gasteiger partial charge in [-0.3, -0.25) is 4.79 Å². The lowest BCUT2D eigenvalue weighted by Crippen LogP contribution is -2.24. The van der Waals surface area contributed by atoms with E-state index in [1.807, 2.05) is 35.7 Å². The molecule has 1 N–H and O–H groups in total. The highest BCUT2D eigenvalue weighted by Gasteiger charge is 2.19. The molecule has 0 atom stereocenters. The number of oxazole rings is 1. The Bertz CT molecular complexity index is 815. The molecule has 0 unspecified atom stereocenters. The van der Waals surface area contributed by atoms with Gasteiger partial charge in [-0.1, -0.05) is 22.0 Å². The highest BCUT2D eigenvalue weighted by Crippen LogP contribution is 2.28. The number of nitrogens with zero attached hydrogens (tertiary/aromatic N) is 1. The molecule has 0 radical (unpaired) electrons. The molecule has 23 heavy (non-hydrogen) atoms. The first-order valence-corrected chi connectivity index (χ1v) is 8.44. The van der Waals surface area contributed by atoms with E-state index in [9.17, 15) is 4.79 Å². The van der Waals surface area contributed by atoms with Crippen LogP contribution in [0.3, 0.4) is 0 Å². The third kappa shape index (κ3) is 3.46. The van der Waals surface area contributed by atoms with Gasteiger partial charge in [0, 0.05) is 16.6 Å². The van der Waals surface area contributed by atoms with Crippen LogP contribution in [-0.4, -0.2) is 18.0 Å². The quantitative estimate of drug-likeness (QED) is 0.709. The summed E-state index contributed by atoms with van der Waals surface area (Å²) in [6, 6.07) is 9.42. The van der Waals surface area contributed by atoms with Crippen molar-refractivity contribution in [2.75, 3.05) is 7.11 Å². The lowest BCUT2D eigenvalue weighted by atomic mass is 10.2. The van der Waals surface area contributed by atoms with Gasteiger partial charge >= 0.3 is 0 Å². The fourth-order valence-electron chi connectivity index (χ4n) is 2.14. The van der Waals surface area contributed by atoms with Gasteiger partial charge < -0.3 is 14.5 Å². The first kappa shape index (κ1) is 15.8. The Labute approximate surface area is 145 Å². The molecule has 5 nitrogen and oxygen atoms in total. The second kappa shape index (κ2) is 6.97. The molecule has 3 rings (SSSR count). The van der Waals surface area contributed by atoms with Crippen molar-refractivity contribution in [1.82, 2.24) is 10.3 Å². The first-order valence-electron chi connectivity index (χ1n) is 6.77. The molecule has 1 amide bonds. The van der Waals surface area contributed by atoms with Crippen LogP contribution in [0.5, 0.6) is 5.75 Å². The number of thiophene rings is 1. The van der Waals surface area contributed by atoms with Crippen LogP contribution in [0.15, 0.2) is 51.0 Å². The van der Waals surface area contributed by atoms with Crippen LogP contribution in [0.4, 0.5) is 0 Å². The molecular weight excluding hydrogens is 380 g/mol. The number of halogens is 1. The van der Waals surface area contributed by atoms with E-state index in [0.29, 0.717) is 18.1 Å². The minimum absolute atomic E-state index is 0.279. The Kier molecular flexibility index (Phi) is 4.78. The molecule has 2 heterocycles. The van der Waals surface area contributed by atoms with Crippen LogP contribution in [0.1, 0.15) is 16.1 Å². The Morgan fingerprint density at radius 3 is 3.04 bits per heavy atom. The molecule has 0 spiro atoms. The largest absolute Gasteiger partial charge is 0.496 e. The molecular formula is C16H13BrN2O3S. The van der Waals surface area contributed by atoms with Crippen LogP contribution in [0.2, 0.25) is 0 Å². The number of rotatable bonds is 5. The summed E-state index contributed by atoms with van der Waals surface area (Å²) in [4.78, 5) is 17.3. The summed E-state index contributed by atoms with van der Waals surface area (Å²) in [5.41, 5.74) is 1.15. The van der Waals surface area contributed by atoms with E-state index < -0.39 is 0 Å². The zero-order valence-corrected chi connectivity index (χ0v) is 14.6. The maximum absolute atomic E-state index is 12.4. The summed E-state index contributed by atoms with van der Waals surface area (Å²) in [6.45, 7) is 0.332. The number of ether oxygens (including phenoxy) is 1. The van der Waals surface area contributed by atoms with Crippen molar-refractivity contribution in [2.45, 2.75) is 6.54 Å². The van der Waals surface area contributed by atoms with Gasteiger partial charge in [0.1, 0.15) is 5.75 Å². The number of hydrogen-bond acceptors (Lipinski definition) is 5. The van der Waals surface area contributed by atoms with E-state index in [1.54, 1.807) is 7.11 Å². The fraction of sp³-hybridized carbons (Fsp3) is 0.125. The van der Waals surface area contributed by atoms with Crippen LogP contribution in [0, 0.1) is 0 Å². The smallest absolute Gasteiger partial charge is 0.274 e. The Morgan fingerprint density at radius 1 is 1.43 bits per heavy atom. The van der Waals surface area contributed by atoms with Gasteiger partial charge in [0.05, 0.1) is 12.0 Å². The summed E-state index contributed by atoms with van der Waals surface area (Å²) in [7, 11) is 1.60. The first-order chi connectivity index (χ1) is 11.2. The molecule has 0 aliphatic heterocycles. The number of hydrogen-bond donors (Lipinski definition) is 1. The molecule has 0 aliphatic rings. The van der Waals surface area contributed by atoms with Crippen LogP contribution in [0.25, 0.3) is 10.6 Å². The van der Waals surface area contributed by atoms with Crippen molar-refractivity contribution < 1.29 is 13.9 Å². The predicted molar refractivity (Wildman–Crippen MR) is 91.7 cm³/mol. The second-order valence-electron chi connectivity index (χ2n) is 4.65. The standard InChI is InChI=1S/C16H13BrN2O3S/c1-21-12-5-4-11(17)7-10(12)8-18-16(20)14-15(22-9-19-14)13-3-2-6-23-13/h2-7,9H,8H2,1H3,(H,18,20). The Hall–Kier alpha value is -2.12. The Balaban J connectivity index is 1.76. The van der Waals surface area contributed by atoms with Gasteiger partial charge in [-0.2, -0.15) is 0 Å². The fourth-order valence-corrected chi connectivity index (χ4v) is 3.26. The van der Waals surface area contributed by atoms with Crippen molar-refractivity contribution in [3.05, 3.63) is 57.8 Å². The minimum atomic E-state index is -0.288. The molecule has 1 aromatic carbocycles. The van der Waals surface area contributed by atoms with Crippen molar-refractivity contribution in [1.29, 1.82) is 0 Å². The summed E-state index contributed by atoms with van der Waals surface area (Å²) >= 11 is 4.91. The number of amides is 1. The third-order valence-corrected chi connectivity index (χ3v) is 4.57. The minimum Gasteiger partial charge on any atom is -0.496 e. The van der Waals surface area contributed by atoms with E-state index in [1.165, 1.54) is 17.7 Å². The molecule has 3 aromatic rings. The van der Waals surface area contributed by atoms with Crippen LogP contribution < -0.4 is 10.1 Å². The van der Waals surface area contributed by atoms with Crippen LogP contribution >= 0.6 is 27.3 Å². The van der Waals surface area contributed by atoms with Gasteiger partial charge in [0.2, 0.25) is 0 Å². The number of nitrogens with one attached hydrogen (secondary N) is 1. The second-order valence-corrected chi connectivity index (χ2v) is 6.51. The molecule has 0 saturated heterocycles.